The van der Waals surface area contributed by atoms with Gasteiger partial charge in [0.05, 0.1) is 23.8 Å². The van der Waals surface area contributed by atoms with Crippen LogP contribution in [0, 0.1) is 19.7 Å². The van der Waals surface area contributed by atoms with E-state index in [1.807, 2.05) is 42.8 Å². The highest BCUT2D eigenvalue weighted by atomic mass is 19.1. The number of pyridine rings is 1. The van der Waals surface area contributed by atoms with Crippen LogP contribution >= 0.6 is 0 Å². The van der Waals surface area contributed by atoms with E-state index in [2.05, 4.69) is 39.9 Å². The fraction of sp³-hybridized carbons (Fsp3) is 0.276. The largest absolute Gasteiger partial charge is 0.368 e. The minimum atomic E-state index is -0.243. The molecule has 12 nitrogen and oxygen atoms in total. The molecule has 7 rings (SSSR count). The van der Waals surface area contributed by atoms with E-state index in [0.717, 1.165) is 41.8 Å². The number of rotatable bonds is 6. The molecule has 42 heavy (non-hydrogen) atoms. The number of halogens is 1. The summed E-state index contributed by atoms with van der Waals surface area (Å²) in [5.74, 6) is 1.09. The number of hydrogen-bond donors (Lipinski definition) is 1. The number of aromatic nitrogens is 9. The van der Waals surface area contributed by atoms with Crippen molar-refractivity contribution in [2.45, 2.75) is 20.4 Å². The fourth-order valence-electron chi connectivity index (χ4n) is 5.37. The first-order valence-electron chi connectivity index (χ1n) is 13.8. The molecule has 1 aliphatic rings. The highest BCUT2D eigenvalue weighted by molar-refractivity contribution is 5.90. The van der Waals surface area contributed by atoms with E-state index >= 15 is 0 Å². The molecule has 1 aliphatic heterocycles. The van der Waals surface area contributed by atoms with E-state index in [0.29, 0.717) is 54.0 Å². The minimum absolute atomic E-state index is 0.237. The SMILES string of the molecule is Cc1ccnc(-c2ccc(F)c(N3CCN(CCn4ncc5c4nc(N)n4nc(-c6ncccc6C)nc54)CC3)c2)n1. The minimum Gasteiger partial charge on any atom is -0.368 e. The number of nitrogens with two attached hydrogens (primary N) is 1. The molecule has 0 spiro atoms. The van der Waals surface area contributed by atoms with E-state index in [9.17, 15) is 4.39 Å². The summed E-state index contributed by atoms with van der Waals surface area (Å²) < 4.78 is 18.2. The number of anilines is 2. The maximum Gasteiger partial charge on any atom is 0.225 e. The van der Waals surface area contributed by atoms with Crippen LogP contribution < -0.4 is 10.6 Å². The quantitative estimate of drug-likeness (QED) is 0.322. The Labute approximate surface area is 240 Å². The summed E-state index contributed by atoms with van der Waals surface area (Å²) in [6, 6.07) is 10.8. The van der Waals surface area contributed by atoms with Gasteiger partial charge < -0.3 is 10.6 Å². The van der Waals surface area contributed by atoms with Crippen molar-refractivity contribution in [1.29, 1.82) is 0 Å². The van der Waals surface area contributed by atoms with Crippen molar-refractivity contribution >= 4 is 28.3 Å². The second kappa shape index (κ2) is 10.4. The summed E-state index contributed by atoms with van der Waals surface area (Å²) in [6.07, 6.45) is 5.20. The molecule has 0 atom stereocenters. The van der Waals surface area contributed by atoms with Gasteiger partial charge in [0.15, 0.2) is 17.1 Å². The van der Waals surface area contributed by atoms with E-state index < -0.39 is 0 Å². The summed E-state index contributed by atoms with van der Waals surface area (Å²) in [5.41, 5.74) is 11.5. The molecule has 0 saturated carbocycles. The van der Waals surface area contributed by atoms with Gasteiger partial charge in [-0.1, -0.05) is 6.07 Å². The molecule has 6 aromatic rings. The Hall–Kier alpha value is -5.04. The molecule has 0 aliphatic carbocycles. The Morgan fingerprint density at radius 3 is 2.55 bits per heavy atom. The third-order valence-corrected chi connectivity index (χ3v) is 7.66. The molecule has 0 amide bonds. The molecule has 0 bridgehead atoms. The zero-order valence-electron chi connectivity index (χ0n) is 23.3. The lowest BCUT2D eigenvalue weighted by molar-refractivity contribution is 0.245. The molecule has 6 heterocycles. The van der Waals surface area contributed by atoms with Crippen molar-refractivity contribution < 1.29 is 4.39 Å². The first kappa shape index (κ1) is 25.9. The number of piperazine rings is 1. The smallest absolute Gasteiger partial charge is 0.225 e. The fourth-order valence-corrected chi connectivity index (χ4v) is 5.37. The molecule has 1 aromatic carbocycles. The number of hydrogen-bond acceptors (Lipinski definition) is 10. The van der Waals surface area contributed by atoms with Crippen molar-refractivity contribution in [3.8, 4) is 22.9 Å². The second-order valence-electron chi connectivity index (χ2n) is 10.4. The predicted molar refractivity (Wildman–Crippen MR) is 157 cm³/mol. The number of nitrogen functional groups attached to an aromatic ring is 1. The summed E-state index contributed by atoms with van der Waals surface area (Å²) in [5, 5.41) is 9.92. The maximum atomic E-state index is 14.9. The van der Waals surface area contributed by atoms with Gasteiger partial charge in [-0.3, -0.25) is 9.88 Å². The molecule has 5 aromatic heterocycles. The van der Waals surface area contributed by atoms with Gasteiger partial charge >= 0.3 is 0 Å². The van der Waals surface area contributed by atoms with E-state index in [1.165, 1.54) is 10.6 Å². The van der Waals surface area contributed by atoms with Crippen LogP contribution in [0.4, 0.5) is 16.0 Å². The van der Waals surface area contributed by atoms with Crippen molar-refractivity contribution in [2.24, 2.45) is 0 Å². The number of nitrogens with zero attached hydrogens (tertiary/aromatic N) is 11. The van der Waals surface area contributed by atoms with E-state index in [-0.39, 0.29) is 11.8 Å². The van der Waals surface area contributed by atoms with Crippen LogP contribution in [0.5, 0.6) is 0 Å². The van der Waals surface area contributed by atoms with E-state index in [4.69, 9.17) is 10.7 Å². The zero-order chi connectivity index (χ0) is 28.8. The molecule has 1 fully saturated rings. The number of benzene rings is 1. The summed E-state index contributed by atoms with van der Waals surface area (Å²) in [6.45, 7) is 8.27. The van der Waals surface area contributed by atoms with Crippen molar-refractivity contribution in [3.05, 3.63) is 72.1 Å². The van der Waals surface area contributed by atoms with Gasteiger partial charge in [0, 0.05) is 56.4 Å². The number of fused-ring (bicyclic) bond motifs is 3. The molecule has 0 unspecified atom stereocenters. The van der Waals surface area contributed by atoms with Gasteiger partial charge in [-0.15, -0.1) is 5.10 Å². The van der Waals surface area contributed by atoms with Crippen LogP contribution in [0.2, 0.25) is 0 Å². The Morgan fingerprint density at radius 1 is 0.881 bits per heavy atom. The normalized spacial score (nSPS) is 14.3. The van der Waals surface area contributed by atoms with Gasteiger partial charge in [-0.25, -0.2) is 24.0 Å². The predicted octanol–water partition coefficient (Wildman–Crippen LogP) is 3.15. The van der Waals surface area contributed by atoms with Crippen LogP contribution in [0.25, 0.3) is 39.6 Å². The topological polar surface area (TPSA) is 132 Å². The molecular weight excluding hydrogens is 535 g/mol. The monoisotopic (exact) mass is 564 g/mol. The molecule has 1 saturated heterocycles. The Balaban J connectivity index is 1.05. The molecule has 13 heteroatoms. The standard InChI is InChI=1S/C29H29FN12/c1-18-4-3-8-32-24(18)26-36-28-21-17-34-41(27(21)37-29(31)42(28)38-26)15-12-39-10-13-40(14-11-39)23-16-20(5-6-22(23)30)25-33-9-7-19(2)35-25/h3-9,16-17H,10-15H2,1-2H3,(H2,31,37). The van der Waals surface area contributed by atoms with Crippen molar-refractivity contribution in [1.82, 2.24) is 49.2 Å². The molecule has 212 valence electrons. The van der Waals surface area contributed by atoms with Crippen LogP contribution in [-0.4, -0.2) is 81.9 Å². The van der Waals surface area contributed by atoms with Crippen LogP contribution in [0.3, 0.4) is 0 Å². The summed E-state index contributed by atoms with van der Waals surface area (Å²) in [7, 11) is 0. The zero-order valence-corrected chi connectivity index (χ0v) is 23.3. The van der Waals surface area contributed by atoms with Crippen LogP contribution in [0.15, 0.2) is 55.0 Å². The molecule has 2 N–H and O–H groups in total. The average Bonchev–Trinajstić information content (AvgIpc) is 3.62. The van der Waals surface area contributed by atoms with Crippen LogP contribution in [0.1, 0.15) is 11.3 Å². The second-order valence-corrected chi connectivity index (χ2v) is 10.4. The van der Waals surface area contributed by atoms with Crippen molar-refractivity contribution in [3.63, 3.8) is 0 Å². The lowest BCUT2D eigenvalue weighted by Gasteiger charge is -2.36. The summed E-state index contributed by atoms with van der Waals surface area (Å²) >= 11 is 0. The third kappa shape index (κ3) is 4.67. The Kier molecular flexibility index (Phi) is 6.42. The summed E-state index contributed by atoms with van der Waals surface area (Å²) in [4.78, 5) is 27.0. The molecule has 0 radical (unpaired) electrons. The van der Waals surface area contributed by atoms with Gasteiger partial charge in [0.1, 0.15) is 11.5 Å². The first-order chi connectivity index (χ1) is 20.4. The van der Waals surface area contributed by atoms with E-state index in [1.54, 1.807) is 24.7 Å². The highest BCUT2D eigenvalue weighted by Crippen LogP contribution is 2.27. The Bertz CT molecular complexity index is 1920. The Morgan fingerprint density at radius 2 is 1.74 bits per heavy atom. The lowest BCUT2D eigenvalue weighted by atomic mass is 10.1. The first-order valence-corrected chi connectivity index (χ1v) is 13.8. The lowest BCUT2D eigenvalue weighted by Crippen LogP contribution is -2.47. The average molecular weight is 565 g/mol. The van der Waals surface area contributed by atoms with Gasteiger partial charge in [-0.2, -0.15) is 14.6 Å². The highest BCUT2D eigenvalue weighted by Gasteiger charge is 2.22. The third-order valence-electron chi connectivity index (χ3n) is 7.66. The van der Waals surface area contributed by atoms with Gasteiger partial charge in [0.25, 0.3) is 0 Å². The van der Waals surface area contributed by atoms with Crippen LogP contribution in [-0.2, 0) is 6.54 Å². The maximum absolute atomic E-state index is 14.9. The van der Waals surface area contributed by atoms with Gasteiger partial charge in [-0.05, 0) is 49.7 Å². The van der Waals surface area contributed by atoms with Gasteiger partial charge in [0.2, 0.25) is 11.8 Å². The number of aryl methyl sites for hydroxylation is 2. The molecular formula is C29H29FN12. The van der Waals surface area contributed by atoms with Crippen molar-refractivity contribution in [2.75, 3.05) is 43.4 Å².